The van der Waals surface area contributed by atoms with Crippen molar-refractivity contribution in [2.75, 3.05) is 0 Å². The van der Waals surface area contributed by atoms with Gasteiger partial charge in [0.1, 0.15) is 11.4 Å². The van der Waals surface area contributed by atoms with E-state index in [4.69, 9.17) is 0 Å². The molecule has 0 amide bonds. The van der Waals surface area contributed by atoms with Crippen LogP contribution in [0, 0.1) is 0 Å². The molecule has 0 saturated heterocycles. The second kappa shape index (κ2) is 4.28. The molecule has 0 saturated carbocycles. The molecular weight excluding hydrogens is 308 g/mol. The SMILES string of the molecule is C=CC1(O)CCc2nc3cc(Br)ccc3c(=O)n2C1. The van der Waals surface area contributed by atoms with Crippen LogP contribution in [-0.4, -0.2) is 20.3 Å². The van der Waals surface area contributed by atoms with E-state index in [2.05, 4.69) is 27.5 Å². The van der Waals surface area contributed by atoms with Crippen LogP contribution >= 0.6 is 15.9 Å². The predicted octanol–water partition coefficient (Wildman–Crippen LogP) is 2.02. The third-order valence-electron chi connectivity index (χ3n) is 3.59. The standard InChI is InChI=1S/C14H13BrN2O2/c1-2-14(19)6-5-12-16-11-7-9(15)3-4-10(11)13(18)17(12)8-14/h2-4,7,19H,1,5-6,8H2. The molecule has 0 radical (unpaired) electrons. The van der Waals surface area contributed by atoms with Gasteiger partial charge in [0, 0.05) is 10.9 Å². The average Bonchev–Trinajstić information content (AvgIpc) is 2.40. The first-order valence-corrected chi connectivity index (χ1v) is 6.87. The normalized spacial score (nSPS) is 22.2. The molecule has 0 bridgehead atoms. The van der Waals surface area contributed by atoms with Gasteiger partial charge in [0.05, 0.1) is 17.4 Å². The summed E-state index contributed by atoms with van der Waals surface area (Å²) in [6.07, 6.45) is 2.62. The molecular formula is C14H13BrN2O2. The van der Waals surface area contributed by atoms with Crippen LogP contribution in [0.4, 0.5) is 0 Å². The predicted molar refractivity (Wildman–Crippen MR) is 77.2 cm³/mol. The van der Waals surface area contributed by atoms with Crippen LogP contribution in [-0.2, 0) is 13.0 Å². The molecule has 1 aliphatic heterocycles. The molecule has 1 atom stereocenters. The Bertz CT molecular complexity index is 738. The van der Waals surface area contributed by atoms with Crippen LogP contribution in [0.25, 0.3) is 10.9 Å². The van der Waals surface area contributed by atoms with E-state index < -0.39 is 5.60 Å². The molecule has 0 aliphatic carbocycles. The number of aryl methyl sites for hydroxylation is 1. The lowest BCUT2D eigenvalue weighted by Gasteiger charge is -2.31. The monoisotopic (exact) mass is 320 g/mol. The van der Waals surface area contributed by atoms with Gasteiger partial charge in [-0.15, -0.1) is 6.58 Å². The largest absolute Gasteiger partial charge is 0.384 e. The number of hydrogen-bond donors (Lipinski definition) is 1. The lowest BCUT2D eigenvalue weighted by atomic mass is 9.94. The summed E-state index contributed by atoms with van der Waals surface area (Å²) in [5.74, 6) is 0.724. The van der Waals surface area contributed by atoms with Gasteiger partial charge in [-0.05, 0) is 24.6 Å². The number of benzene rings is 1. The van der Waals surface area contributed by atoms with E-state index >= 15 is 0 Å². The van der Waals surface area contributed by atoms with E-state index in [9.17, 15) is 9.90 Å². The Labute approximate surface area is 118 Å². The van der Waals surface area contributed by atoms with Crippen LogP contribution in [0.1, 0.15) is 12.2 Å². The molecule has 4 nitrogen and oxygen atoms in total. The number of aromatic nitrogens is 2. The van der Waals surface area contributed by atoms with E-state index in [1.165, 1.54) is 6.08 Å². The van der Waals surface area contributed by atoms with Crippen LogP contribution < -0.4 is 5.56 Å². The van der Waals surface area contributed by atoms with Crippen LogP contribution in [0.3, 0.4) is 0 Å². The lowest BCUT2D eigenvalue weighted by Crippen LogP contribution is -2.42. The van der Waals surface area contributed by atoms with Crippen LogP contribution in [0.15, 0.2) is 40.1 Å². The Kier molecular flexibility index (Phi) is 2.83. The molecule has 1 aliphatic rings. The Morgan fingerprint density at radius 3 is 3.05 bits per heavy atom. The van der Waals surface area contributed by atoms with E-state index in [-0.39, 0.29) is 12.1 Å². The third kappa shape index (κ3) is 2.03. The highest BCUT2D eigenvalue weighted by Gasteiger charge is 2.30. The molecule has 2 heterocycles. The zero-order valence-electron chi connectivity index (χ0n) is 10.3. The molecule has 3 rings (SSSR count). The zero-order valence-corrected chi connectivity index (χ0v) is 11.9. The van der Waals surface area contributed by atoms with Crippen LogP contribution in [0.5, 0.6) is 0 Å². The van der Waals surface area contributed by atoms with E-state index in [0.29, 0.717) is 23.7 Å². The minimum Gasteiger partial charge on any atom is -0.384 e. The molecule has 2 aromatic rings. The first-order valence-electron chi connectivity index (χ1n) is 6.07. The number of nitrogens with zero attached hydrogens (tertiary/aromatic N) is 2. The van der Waals surface area contributed by atoms with E-state index in [0.717, 1.165) is 10.3 Å². The van der Waals surface area contributed by atoms with Crippen molar-refractivity contribution in [3.63, 3.8) is 0 Å². The van der Waals surface area contributed by atoms with Crippen LogP contribution in [0.2, 0.25) is 0 Å². The summed E-state index contributed by atoms with van der Waals surface area (Å²) >= 11 is 3.38. The van der Waals surface area contributed by atoms with Crippen molar-refractivity contribution >= 4 is 26.8 Å². The maximum absolute atomic E-state index is 12.5. The van der Waals surface area contributed by atoms with Gasteiger partial charge in [-0.2, -0.15) is 0 Å². The van der Waals surface area contributed by atoms with Crippen molar-refractivity contribution in [2.45, 2.75) is 25.0 Å². The first kappa shape index (κ1) is 12.6. The number of fused-ring (bicyclic) bond motifs is 2. The van der Waals surface area contributed by atoms with Gasteiger partial charge in [0.25, 0.3) is 5.56 Å². The Morgan fingerprint density at radius 2 is 2.32 bits per heavy atom. The summed E-state index contributed by atoms with van der Waals surface area (Å²) in [5, 5.41) is 10.8. The number of rotatable bonds is 1. The quantitative estimate of drug-likeness (QED) is 0.818. The molecule has 98 valence electrons. The van der Waals surface area contributed by atoms with Crippen molar-refractivity contribution in [3.05, 3.63) is 51.5 Å². The number of halogens is 1. The van der Waals surface area contributed by atoms with Gasteiger partial charge in [-0.3, -0.25) is 9.36 Å². The van der Waals surface area contributed by atoms with Crippen molar-refractivity contribution in [3.8, 4) is 0 Å². The highest BCUT2D eigenvalue weighted by atomic mass is 79.9. The molecule has 1 aromatic heterocycles. The van der Waals surface area contributed by atoms with Gasteiger partial charge < -0.3 is 5.11 Å². The smallest absolute Gasteiger partial charge is 0.261 e. The fourth-order valence-corrected chi connectivity index (χ4v) is 2.79. The Balaban J connectivity index is 2.26. The summed E-state index contributed by atoms with van der Waals surface area (Å²) in [7, 11) is 0. The molecule has 1 unspecified atom stereocenters. The fraction of sp³-hybridized carbons (Fsp3) is 0.286. The first-order chi connectivity index (χ1) is 9.02. The summed E-state index contributed by atoms with van der Waals surface area (Å²) in [5.41, 5.74) is -0.427. The highest BCUT2D eigenvalue weighted by Crippen LogP contribution is 2.24. The molecule has 0 fully saturated rings. The van der Waals surface area contributed by atoms with E-state index in [1.807, 2.05) is 12.1 Å². The summed E-state index contributed by atoms with van der Waals surface area (Å²) in [6, 6.07) is 5.41. The maximum atomic E-state index is 12.5. The molecule has 1 N–H and O–H groups in total. The van der Waals surface area contributed by atoms with Gasteiger partial charge in [0.15, 0.2) is 0 Å². The minimum atomic E-state index is -1.01. The minimum absolute atomic E-state index is 0.104. The molecule has 19 heavy (non-hydrogen) atoms. The van der Waals surface area contributed by atoms with Gasteiger partial charge >= 0.3 is 0 Å². The highest BCUT2D eigenvalue weighted by molar-refractivity contribution is 9.10. The zero-order chi connectivity index (χ0) is 13.6. The second-order valence-corrected chi connectivity index (χ2v) is 5.80. The van der Waals surface area contributed by atoms with Crippen molar-refractivity contribution in [2.24, 2.45) is 0 Å². The van der Waals surface area contributed by atoms with Crippen molar-refractivity contribution in [1.29, 1.82) is 0 Å². The topological polar surface area (TPSA) is 55.1 Å². The summed E-state index contributed by atoms with van der Waals surface area (Å²) in [4.78, 5) is 17.0. The van der Waals surface area contributed by atoms with Gasteiger partial charge in [0.2, 0.25) is 0 Å². The summed E-state index contributed by atoms with van der Waals surface area (Å²) in [6.45, 7) is 3.87. The number of aliphatic hydroxyl groups is 1. The molecule has 5 heteroatoms. The Hall–Kier alpha value is -1.46. The number of hydrogen-bond acceptors (Lipinski definition) is 3. The Morgan fingerprint density at radius 1 is 1.53 bits per heavy atom. The maximum Gasteiger partial charge on any atom is 0.261 e. The summed E-state index contributed by atoms with van der Waals surface area (Å²) < 4.78 is 2.46. The van der Waals surface area contributed by atoms with Crippen molar-refractivity contribution in [1.82, 2.24) is 9.55 Å². The van der Waals surface area contributed by atoms with E-state index in [1.54, 1.807) is 10.6 Å². The molecule has 0 spiro atoms. The third-order valence-corrected chi connectivity index (χ3v) is 4.08. The molecule has 1 aromatic carbocycles. The van der Waals surface area contributed by atoms with Crippen molar-refractivity contribution < 1.29 is 5.11 Å². The second-order valence-electron chi connectivity index (χ2n) is 4.89. The lowest BCUT2D eigenvalue weighted by molar-refractivity contribution is 0.0491. The van der Waals surface area contributed by atoms with Gasteiger partial charge in [-0.25, -0.2) is 4.98 Å². The fourth-order valence-electron chi connectivity index (χ4n) is 2.44. The average molecular weight is 321 g/mol. The van der Waals surface area contributed by atoms with Gasteiger partial charge in [-0.1, -0.05) is 22.0 Å².